The molecule has 15 heteroatoms. The Labute approximate surface area is 326 Å². The van der Waals surface area contributed by atoms with Gasteiger partial charge in [0.25, 0.3) is 17.7 Å². The molecule has 312 valence electrons. The highest BCUT2D eigenvalue weighted by Gasteiger charge is 2.16. The zero-order chi connectivity index (χ0) is 39.2. The van der Waals surface area contributed by atoms with E-state index in [0.29, 0.717) is 56.0 Å². The van der Waals surface area contributed by atoms with Crippen molar-refractivity contribution in [3.63, 3.8) is 0 Å². The van der Waals surface area contributed by atoms with Crippen LogP contribution in [0.1, 0.15) is 108 Å². The summed E-state index contributed by atoms with van der Waals surface area (Å²) >= 11 is 0. The van der Waals surface area contributed by atoms with E-state index in [9.17, 15) is 14.4 Å². The lowest BCUT2D eigenvalue weighted by molar-refractivity contribution is 0.0952. The maximum absolute atomic E-state index is 13.2. The molecule has 3 amide bonds. The monoisotopic (exact) mass is 763 g/mol. The molecule has 0 atom stereocenters. The molecule has 1 aromatic carbocycles. The zero-order valence-electron chi connectivity index (χ0n) is 33.4. The lowest BCUT2D eigenvalue weighted by atomic mass is 10.0. The molecule has 0 aliphatic rings. The number of hydrogen-bond donors (Lipinski definition) is 12. The Kier molecular flexibility index (Phi) is 34.0. The summed E-state index contributed by atoms with van der Waals surface area (Å²) in [6.07, 6.45) is 11.9. The van der Waals surface area contributed by atoms with Crippen LogP contribution < -0.4 is 65.1 Å². The molecule has 15 nitrogen and oxygen atoms in total. The number of nitrogens with two attached hydrogens (primary N) is 3. The van der Waals surface area contributed by atoms with Crippen LogP contribution in [0.5, 0.6) is 0 Å². The number of hydrogen-bond acceptors (Lipinski definition) is 12. The number of carbonyl (C=O) groups excluding carboxylic acids is 3. The van der Waals surface area contributed by atoms with Gasteiger partial charge in [-0.25, -0.2) is 0 Å². The standard InChI is InChI=1S/C39H78N12O3/c40-13-7-22-43-16-1-4-19-46-25-10-28-49-37(52)34-31-35(38(53)50-29-11-26-47-20-5-2-17-44-23-8-14-41)33-36(32-34)39(54)51-30-12-27-48-21-6-3-18-45-24-9-15-42/h31-33,43-48H,1-30,40-42H2,(H,49,52)(H,50,53)(H,51,54). The Morgan fingerprint density at radius 3 is 0.741 bits per heavy atom. The Morgan fingerprint density at radius 2 is 0.519 bits per heavy atom. The van der Waals surface area contributed by atoms with Gasteiger partial charge in [-0.1, -0.05) is 0 Å². The molecule has 0 heterocycles. The summed E-state index contributed by atoms with van der Waals surface area (Å²) in [5.74, 6) is -0.917. The van der Waals surface area contributed by atoms with Crippen LogP contribution in [0.15, 0.2) is 18.2 Å². The van der Waals surface area contributed by atoms with Crippen molar-refractivity contribution < 1.29 is 14.4 Å². The molecule has 0 unspecified atom stereocenters. The molecule has 0 aliphatic carbocycles. The fourth-order valence-electron chi connectivity index (χ4n) is 5.50. The Balaban J connectivity index is 2.53. The maximum atomic E-state index is 13.2. The second-order valence-electron chi connectivity index (χ2n) is 13.7. The van der Waals surface area contributed by atoms with Gasteiger partial charge < -0.3 is 65.1 Å². The van der Waals surface area contributed by atoms with Crippen molar-refractivity contribution in [3.05, 3.63) is 34.9 Å². The van der Waals surface area contributed by atoms with Gasteiger partial charge in [0.05, 0.1) is 0 Å². The SMILES string of the molecule is NCCCNCCCCNCCCNC(=O)c1cc(C(=O)NCCCNCCCCNCCCN)cc(C(=O)NCCCNCCCCNCCCN)c1. The topological polar surface area (TPSA) is 238 Å². The van der Waals surface area contributed by atoms with E-state index in [0.717, 1.165) is 156 Å². The van der Waals surface area contributed by atoms with Gasteiger partial charge >= 0.3 is 0 Å². The second kappa shape index (κ2) is 37.2. The van der Waals surface area contributed by atoms with E-state index in [1.807, 2.05) is 0 Å². The number of carbonyl (C=O) groups is 3. The van der Waals surface area contributed by atoms with Crippen molar-refractivity contribution in [1.29, 1.82) is 0 Å². The normalized spacial score (nSPS) is 11.2. The highest BCUT2D eigenvalue weighted by molar-refractivity contribution is 6.04. The number of benzene rings is 1. The van der Waals surface area contributed by atoms with Crippen molar-refractivity contribution in [2.45, 2.75) is 77.0 Å². The molecule has 15 N–H and O–H groups in total. The van der Waals surface area contributed by atoms with Crippen molar-refractivity contribution in [2.75, 3.05) is 118 Å². The molecule has 0 fully saturated rings. The minimum Gasteiger partial charge on any atom is -0.352 e. The molecular formula is C39H78N12O3. The molecule has 0 aromatic heterocycles. The minimum absolute atomic E-state index is 0.293. The van der Waals surface area contributed by atoms with Crippen molar-refractivity contribution >= 4 is 17.7 Å². The lowest BCUT2D eigenvalue weighted by Crippen LogP contribution is -2.31. The van der Waals surface area contributed by atoms with Gasteiger partial charge in [0.2, 0.25) is 0 Å². The molecule has 1 rings (SSSR count). The molecule has 54 heavy (non-hydrogen) atoms. The largest absolute Gasteiger partial charge is 0.352 e. The van der Waals surface area contributed by atoms with Gasteiger partial charge in [0, 0.05) is 36.3 Å². The molecule has 0 saturated carbocycles. The minimum atomic E-state index is -0.306. The molecule has 0 spiro atoms. The number of nitrogens with one attached hydrogen (secondary N) is 9. The fraction of sp³-hybridized carbons (Fsp3) is 0.769. The highest BCUT2D eigenvalue weighted by Crippen LogP contribution is 2.12. The van der Waals surface area contributed by atoms with Gasteiger partial charge in [0.1, 0.15) is 0 Å². The molecule has 0 aliphatic heterocycles. The maximum Gasteiger partial charge on any atom is 0.251 e. The summed E-state index contributed by atoms with van der Waals surface area (Å²) in [7, 11) is 0. The third-order valence-electron chi connectivity index (χ3n) is 8.71. The van der Waals surface area contributed by atoms with Crippen molar-refractivity contribution in [3.8, 4) is 0 Å². The van der Waals surface area contributed by atoms with E-state index in [1.54, 1.807) is 18.2 Å². The van der Waals surface area contributed by atoms with Crippen LogP contribution in [0.3, 0.4) is 0 Å². The fourth-order valence-corrected chi connectivity index (χ4v) is 5.50. The highest BCUT2D eigenvalue weighted by atomic mass is 16.2. The van der Waals surface area contributed by atoms with Crippen molar-refractivity contribution in [2.24, 2.45) is 17.2 Å². The van der Waals surface area contributed by atoms with Crippen LogP contribution in [0.4, 0.5) is 0 Å². The van der Waals surface area contributed by atoms with E-state index in [2.05, 4.69) is 47.9 Å². The number of amides is 3. The Morgan fingerprint density at radius 1 is 0.315 bits per heavy atom. The second-order valence-corrected chi connectivity index (χ2v) is 13.7. The first kappa shape index (κ1) is 49.3. The van der Waals surface area contributed by atoms with E-state index in [-0.39, 0.29) is 17.7 Å². The van der Waals surface area contributed by atoms with Gasteiger partial charge in [-0.05, 0) is 193 Å². The predicted molar refractivity (Wildman–Crippen MR) is 223 cm³/mol. The third-order valence-corrected chi connectivity index (χ3v) is 8.71. The smallest absolute Gasteiger partial charge is 0.251 e. The van der Waals surface area contributed by atoms with E-state index in [1.165, 1.54) is 0 Å². The number of unbranched alkanes of at least 4 members (excludes halogenated alkanes) is 3. The molecule has 0 saturated heterocycles. The van der Waals surface area contributed by atoms with Crippen LogP contribution in [0, 0.1) is 0 Å². The molecule has 1 aromatic rings. The first-order valence-electron chi connectivity index (χ1n) is 20.9. The van der Waals surface area contributed by atoms with E-state index < -0.39 is 0 Å². The van der Waals surface area contributed by atoms with E-state index in [4.69, 9.17) is 17.2 Å². The van der Waals surface area contributed by atoms with Gasteiger partial charge in [-0.2, -0.15) is 0 Å². The first-order chi connectivity index (χ1) is 26.5. The van der Waals surface area contributed by atoms with Gasteiger partial charge in [0.15, 0.2) is 0 Å². The predicted octanol–water partition coefficient (Wildman–Crippen LogP) is -0.0291. The molecule has 0 bridgehead atoms. The summed E-state index contributed by atoms with van der Waals surface area (Å²) in [6.45, 7) is 14.6. The summed E-state index contributed by atoms with van der Waals surface area (Å²) in [5.41, 5.74) is 17.4. The van der Waals surface area contributed by atoms with Gasteiger partial charge in [-0.15, -0.1) is 0 Å². The zero-order valence-corrected chi connectivity index (χ0v) is 33.4. The Hall–Kier alpha value is -2.73. The van der Waals surface area contributed by atoms with Crippen LogP contribution in [0.25, 0.3) is 0 Å². The van der Waals surface area contributed by atoms with Crippen LogP contribution in [-0.4, -0.2) is 136 Å². The average Bonchev–Trinajstić information content (AvgIpc) is 3.18. The Bertz CT molecular complexity index is 925. The summed E-state index contributed by atoms with van der Waals surface area (Å²) < 4.78 is 0. The number of rotatable bonds is 39. The van der Waals surface area contributed by atoms with Crippen molar-refractivity contribution in [1.82, 2.24) is 47.9 Å². The first-order valence-corrected chi connectivity index (χ1v) is 20.9. The third kappa shape index (κ3) is 28.7. The molecular weight excluding hydrogens is 685 g/mol. The summed E-state index contributed by atoms with van der Waals surface area (Å²) in [4.78, 5) is 39.5. The average molecular weight is 763 g/mol. The van der Waals surface area contributed by atoms with Crippen LogP contribution in [-0.2, 0) is 0 Å². The summed E-state index contributed by atoms with van der Waals surface area (Å²) in [5, 5.41) is 29.3. The van der Waals surface area contributed by atoms with Crippen LogP contribution in [0.2, 0.25) is 0 Å². The van der Waals surface area contributed by atoms with Gasteiger partial charge in [-0.3, -0.25) is 14.4 Å². The lowest BCUT2D eigenvalue weighted by Gasteiger charge is -2.12. The summed E-state index contributed by atoms with van der Waals surface area (Å²) in [6, 6.07) is 4.70. The quantitative estimate of drug-likeness (QED) is 0.0397. The van der Waals surface area contributed by atoms with Crippen LogP contribution >= 0.6 is 0 Å². The molecule has 0 radical (unpaired) electrons. The van der Waals surface area contributed by atoms with E-state index >= 15 is 0 Å².